The molecule has 6 nitrogen and oxygen atoms in total. The number of rotatable bonds is 3. The molecule has 1 aromatic carbocycles. The summed E-state index contributed by atoms with van der Waals surface area (Å²) in [5, 5.41) is 5.38. The van der Waals surface area contributed by atoms with E-state index in [0.717, 1.165) is 37.3 Å². The number of hydrogen-bond donors (Lipinski definition) is 0. The van der Waals surface area contributed by atoms with Gasteiger partial charge in [0, 0.05) is 38.5 Å². The van der Waals surface area contributed by atoms with Gasteiger partial charge in [-0.05, 0) is 24.4 Å². The third kappa shape index (κ3) is 3.27. The average molecular weight is 381 g/mol. The smallest absolute Gasteiger partial charge is 0.199 e. The third-order valence-corrected chi connectivity index (χ3v) is 5.74. The molecule has 4 rings (SSSR count). The lowest BCUT2D eigenvalue weighted by Crippen LogP contribution is -2.45. The van der Waals surface area contributed by atoms with Crippen molar-refractivity contribution < 1.29 is 9.47 Å². The molecule has 0 amide bonds. The summed E-state index contributed by atoms with van der Waals surface area (Å²) in [6.07, 6.45) is 1.76. The van der Waals surface area contributed by atoms with Crippen LogP contribution in [-0.2, 0) is 23.2 Å². The highest BCUT2D eigenvalue weighted by Gasteiger charge is 2.39. The average Bonchev–Trinajstić information content (AvgIpc) is 3.18. The summed E-state index contributed by atoms with van der Waals surface area (Å²) in [6.45, 7) is 3.87. The lowest BCUT2D eigenvalue weighted by molar-refractivity contribution is -0.187. The quantitative estimate of drug-likeness (QED) is 0.766. The monoisotopic (exact) mass is 380 g/mol. The van der Waals surface area contributed by atoms with Gasteiger partial charge < -0.3 is 14.0 Å². The molecule has 0 bridgehead atoms. The highest BCUT2D eigenvalue weighted by molar-refractivity contribution is 7.71. The van der Waals surface area contributed by atoms with E-state index in [-0.39, 0.29) is 5.79 Å². The first-order valence-electron chi connectivity index (χ1n) is 8.47. The predicted octanol–water partition coefficient (Wildman–Crippen LogP) is 3.07. The summed E-state index contributed by atoms with van der Waals surface area (Å²) in [6, 6.07) is 7.69. The maximum Gasteiger partial charge on any atom is 0.199 e. The molecule has 1 aromatic heterocycles. The van der Waals surface area contributed by atoms with Gasteiger partial charge in [0.1, 0.15) is 0 Å². The van der Waals surface area contributed by atoms with Gasteiger partial charge in [0.05, 0.1) is 24.9 Å². The Kier molecular flexibility index (Phi) is 4.68. The molecule has 25 heavy (non-hydrogen) atoms. The second-order valence-electron chi connectivity index (χ2n) is 6.51. The van der Waals surface area contributed by atoms with Crippen LogP contribution in [-0.4, -0.2) is 51.3 Å². The summed E-state index contributed by atoms with van der Waals surface area (Å²) < 4.78 is 16.0. The minimum Gasteiger partial charge on any atom is -0.347 e. The zero-order valence-corrected chi connectivity index (χ0v) is 15.7. The van der Waals surface area contributed by atoms with Crippen molar-refractivity contribution in [3.8, 4) is 11.4 Å². The number of hydrogen-bond acceptors (Lipinski definition) is 5. The van der Waals surface area contributed by atoms with E-state index < -0.39 is 0 Å². The van der Waals surface area contributed by atoms with Crippen LogP contribution in [0.5, 0.6) is 0 Å². The van der Waals surface area contributed by atoms with Crippen LogP contribution in [0.1, 0.15) is 12.8 Å². The van der Waals surface area contributed by atoms with Gasteiger partial charge in [0.2, 0.25) is 0 Å². The molecule has 0 radical (unpaired) electrons. The molecule has 0 N–H and O–H groups in total. The molecule has 3 heterocycles. The zero-order valence-electron chi connectivity index (χ0n) is 14.2. The van der Waals surface area contributed by atoms with Gasteiger partial charge in [-0.15, -0.1) is 0 Å². The molecule has 2 aliphatic rings. The van der Waals surface area contributed by atoms with Crippen LogP contribution < -0.4 is 0 Å². The molecule has 2 saturated heterocycles. The van der Waals surface area contributed by atoms with Crippen molar-refractivity contribution in [2.75, 3.05) is 26.3 Å². The van der Waals surface area contributed by atoms with Gasteiger partial charge in [-0.25, -0.2) is 4.68 Å². The van der Waals surface area contributed by atoms with E-state index in [9.17, 15) is 0 Å². The fraction of sp³-hybridized carbons (Fsp3) is 0.529. The van der Waals surface area contributed by atoms with Gasteiger partial charge >= 0.3 is 0 Å². The van der Waals surface area contributed by atoms with Gasteiger partial charge in [0.25, 0.3) is 0 Å². The Labute approximate surface area is 156 Å². The fourth-order valence-electron chi connectivity index (χ4n) is 3.47. The molecule has 0 unspecified atom stereocenters. The lowest BCUT2D eigenvalue weighted by atomic mass is 10.0. The molecule has 0 atom stereocenters. The van der Waals surface area contributed by atoms with E-state index in [4.69, 9.17) is 38.4 Å². The number of benzene rings is 1. The Bertz CT molecular complexity index is 818. The first kappa shape index (κ1) is 17.2. The Morgan fingerprint density at radius 3 is 2.56 bits per heavy atom. The first-order chi connectivity index (χ1) is 12.1. The maximum atomic E-state index is 6.32. The van der Waals surface area contributed by atoms with Crippen LogP contribution in [0.15, 0.2) is 24.3 Å². The second kappa shape index (κ2) is 6.81. The normalized spacial score (nSPS) is 20.4. The summed E-state index contributed by atoms with van der Waals surface area (Å²) in [7, 11) is 1.93. The molecule has 134 valence electrons. The SMILES string of the molecule is Cn1c(-c2ccccc2Cl)nn(CN2CCC3(CC2)OCCO3)c1=S. The number of halogens is 1. The fourth-order valence-corrected chi connectivity index (χ4v) is 3.87. The molecular formula is C17H21ClN4O2S. The second-order valence-corrected chi connectivity index (χ2v) is 7.28. The number of ether oxygens (including phenoxy) is 2. The minimum absolute atomic E-state index is 0.356. The Morgan fingerprint density at radius 1 is 1.20 bits per heavy atom. The van der Waals surface area contributed by atoms with Crippen molar-refractivity contribution in [2.24, 2.45) is 7.05 Å². The largest absolute Gasteiger partial charge is 0.347 e. The van der Waals surface area contributed by atoms with E-state index in [1.165, 1.54) is 0 Å². The molecule has 0 saturated carbocycles. The summed E-state index contributed by atoms with van der Waals surface area (Å²) >= 11 is 11.9. The summed E-state index contributed by atoms with van der Waals surface area (Å²) in [5.41, 5.74) is 0.891. The van der Waals surface area contributed by atoms with E-state index in [1.54, 1.807) is 0 Å². The molecule has 2 fully saturated rings. The lowest BCUT2D eigenvalue weighted by Gasteiger charge is -2.37. The van der Waals surface area contributed by atoms with Crippen molar-refractivity contribution >= 4 is 23.8 Å². The molecular weight excluding hydrogens is 360 g/mol. The third-order valence-electron chi connectivity index (χ3n) is 4.92. The minimum atomic E-state index is -0.356. The van der Waals surface area contributed by atoms with Gasteiger partial charge in [-0.2, -0.15) is 5.10 Å². The maximum absolute atomic E-state index is 6.32. The van der Waals surface area contributed by atoms with E-state index in [0.29, 0.717) is 29.7 Å². The Morgan fingerprint density at radius 2 is 1.88 bits per heavy atom. The van der Waals surface area contributed by atoms with Crippen LogP contribution in [0.25, 0.3) is 11.4 Å². The number of likely N-dealkylation sites (tertiary alicyclic amines) is 1. The van der Waals surface area contributed by atoms with Crippen LogP contribution in [0.3, 0.4) is 0 Å². The van der Waals surface area contributed by atoms with Gasteiger partial charge in [-0.3, -0.25) is 4.90 Å². The van der Waals surface area contributed by atoms with Crippen molar-refractivity contribution in [2.45, 2.75) is 25.3 Å². The van der Waals surface area contributed by atoms with Crippen LogP contribution in [0.2, 0.25) is 5.02 Å². The summed E-state index contributed by atoms with van der Waals surface area (Å²) in [4.78, 5) is 2.33. The molecule has 2 aromatic rings. The van der Waals surface area contributed by atoms with E-state index in [1.807, 2.05) is 40.6 Å². The Balaban J connectivity index is 1.51. The molecule has 8 heteroatoms. The van der Waals surface area contributed by atoms with Crippen LogP contribution in [0, 0.1) is 4.77 Å². The molecule has 0 aliphatic carbocycles. The number of nitrogens with zero attached hydrogens (tertiary/aromatic N) is 4. The highest BCUT2D eigenvalue weighted by atomic mass is 35.5. The van der Waals surface area contributed by atoms with Gasteiger partial charge in [0.15, 0.2) is 16.4 Å². The Hall–Kier alpha value is -1.25. The summed E-state index contributed by atoms with van der Waals surface area (Å²) in [5.74, 6) is 0.427. The zero-order chi connectivity index (χ0) is 17.4. The van der Waals surface area contributed by atoms with Crippen molar-refractivity contribution in [1.29, 1.82) is 0 Å². The standard InChI is InChI=1S/C17H21ClN4O2S/c1-20-15(13-4-2-3-5-14(13)18)19-22(16(20)25)12-21-8-6-17(7-9-21)23-10-11-24-17/h2-5H,6-12H2,1H3. The number of piperidine rings is 1. The van der Waals surface area contributed by atoms with Crippen LogP contribution >= 0.6 is 23.8 Å². The highest BCUT2D eigenvalue weighted by Crippen LogP contribution is 2.31. The molecule has 1 spiro atoms. The topological polar surface area (TPSA) is 44.5 Å². The van der Waals surface area contributed by atoms with E-state index in [2.05, 4.69) is 4.90 Å². The van der Waals surface area contributed by atoms with Crippen LogP contribution in [0.4, 0.5) is 0 Å². The predicted molar refractivity (Wildman–Crippen MR) is 97.9 cm³/mol. The molecule has 2 aliphatic heterocycles. The van der Waals surface area contributed by atoms with Crippen molar-refractivity contribution in [3.63, 3.8) is 0 Å². The van der Waals surface area contributed by atoms with Crippen molar-refractivity contribution in [3.05, 3.63) is 34.1 Å². The van der Waals surface area contributed by atoms with E-state index >= 15 is 0 Å². The van der Waals surface area contributed by atoms with Gasteiger partial charge in [-0.1, -0.05) is 23.7 Å². The first-order valence-corrected chi connectivity index (χ1v) is 9.26. The van der Waals surface area contributed by atoms with Crippen molar-refractivity contribution in [1.82, 2.24) is 19.2 Å². The number of aromatic nitrogens is 3.